The van der Waals surface area contributed by atoms with E-state index in [4.69, 9.17) is 0 Å². The predicted octanol–water partition coefficient (Wildman–Crippen LogP) is 2.91. The number of piperidine rings is 1. The number of hydrogen-bond donors (Lipinski definition) is 1. The summed E-state index contributed by atoms with van der Waals surface area (Å²) in [6.45, 7) is 10.6. The Kier molecular flexibility index (Phi) is 6.86. The van der Waals surface area contributed by atoms with Crippen molar-refractivity contribution in [1.29, 1.82) is 0 Å². The van der Waals surface area contributed by atoms with E-state index in [1.165, 1.54) is 6.42 Å². The van der Waals surface area contributed by atoms with Crippen molar-refractivity contribution in [3.8, 4) is 0 Å². The van der Waals surface area contributed by atoms with E-state index in [0.717, 1.165) is 51.9 Å². The van der Waals surface area contributed by atoms with Gasteiger partial charge in [-0.25, -0.2) is 4.68 Å². The zero-order valence-electron chi connectivity index (χ0n) is 15.7. The molecule has 25 heavy (non-hydrogen) atoms. The summed E-state index contributed by atoms with van der Waals surface area (Å²) in [5.41, 5.74) is 0.819. The van der Waals surface area contributed by atoms with Crippen molar-refractivity contribution in [2.24, 2.45) is 11.3 Å². The molecule has 2 fully saturated rings. The van der Waals surface area contributed by atoms with Crippen LogP contribution in [-0.2, 0) is 0 Å². The first kappa shape index (κ1) is 20.2. The van der Waals surface area contributed by atoms with Crippen LogP contribution in [0.3, 0.4) is 0 Å². The highest BCUT2D eigenvalue weighted by Crippen LogP contribution is 2.34. The minimum atomic E-state index is 0. The van der Waals surface area contributed by atoms with Gasteiger partial charge in [-0.05, 0) is 56.5 Å². The Balaban J connectivity index is 0.00000225. The van der Waals surface area contributed by atoms with Crippen LogP contribution in [0.25, 0.3) is 0 Å². The molecular weight excluding hydrogens is 338 g/mol. The SMILES string of the molecule is CC(C)(C)C1CCCN(C(=O)c2cn(C3CCNCC3)nn2)CC1.Cl. The first-order valence-electron chi connectivity index (χ1n) is 9.37. The molecule has 1 atom stereocenters. The smallest absolute Gasteiger partial charge is 0.276 e. The normalized spacial score (nSPS) is 23.0. The fraction of sp³-hybridized carbons (Fsp3) is 0.833. The average Bonchev–Trinajstić information content (AvgIpc) is 2.91. The van der Waals surface area contributed by atoms with Gasteiger partial charge < -0.3 is 10.2 Å². The number of aromatic nitrogens is 3. The van der Waals surface area contributed by atoms with Gasteiger partial charge in [-0.15, -0.1) is 17.5 Å². The number of carbonyl (C=O) groups excluding carboxylic acids is 1. The van der Waals surface area contributed by atoms with Crippen LogP contribution in [0.5, 0.6) is 0 Å². The van der Waals surface area contributed by atoms with Gasteiger partial charge in [0.2, 0.25) is 0 Å². The van der Waals surface area contributed by atoms with Gasteiger partial charge >= 0.3 is 0 Å². The molecule has 1 aromatic rings. The lowest BCUT2D eigenvalue weighted by Gasteiger charge is -2.29. The Morgan fingerprint density at radius 2 is 1.88 bits per heavy atom. The summed E-state index contributed by atoms with van der Waals surface area (Å²) in [5.74, 6) is 0.727. The zero-order chi connectivity index (χ0) is 17.2. The van der Waals surface area contributed by atoms with Crippen molar-refractivity contribution in [2.75, 3.05) is 26.2 Å². The maximum atomic E-state index is 12.8. The number of carbonyl (C=O) groups is 1. The molecule has 0 aliphatic carbocycles. The molecule has 1 amide bonds. The second-order valence-corrected chi connectivity index (χ2v) is 8.35. The summed E-state index contributed by atoms with van der Waals surface area (Å²) in [6, 6.07) is 0.370. The molecule has 1 aromatic heterocycles. The maximum absolute atomic E-state index is 12.8. The summed E-state index contributed by atoms with van der Waals surface area (Å²) in [4.78, 5) is 14.8. The molecule has 7 heteroatoms. The third-order valence-corrected chi connectivity index (χ3v) is 5.65. The third-order valence-electron chi connectivity index (χ3n) is 5.65. The predicted molar refractivity (Wildman–Crippen MR) is 101 cm³/mol. The topological polar surface area (TPSA) is 63.1 Å². The fourth-order valence-electron chi connectivity index (χ4n) is 3.95. The second-order valence-electron chi connectivity index (χ2n) is 8.35. The van der Waals surface area contributed by atoms with E-state index < -0.39 is 0 Å². The summed E-state index contributed by atoms with van der Waals surface area (Å²) in [7, 11) is 0. The Labute approximate surface area is 157 Å². The highest BCUT2D eigenvalue weighted by Gasteiger charge is 2.29. The van der Waals surface area contributed by atoms with Gasteiger partial charge in [-0.1, -0.05) is 26.0 Å². The standard InChI is InChI=1S/C18H31N5O.ClH/c1-18(2,3)14-5-4-11-22(12-8-14)17(24)16-13-23(21-20-16)15-6-9-19-10-7-15;/h13-15,19H,4-12H2,1-3H3;1H. The molecule has 3 heterocycles. The monoisotopic (exact) mass is 369 g/mol. The van der Waals surface area contributed by atoms with Crippen LogP contribution >= 0.6 is 12.4 Å². The molecule has 0 aromatic carbocycles. The van der Waals surface area contributed by atoms with Gasteiger partial charge in [0.15, 0.2) is 5.69 Å². The molecule has 0 radical (unpaired) electrons. The van der Waals surface area contributed by atoms with E-state index in [2.05, 4.69) is 36.4 Å². The lowest BCUT2D eigenvalue weighted by atomic mass is 9.77. The molecule has 1 unspecified atom stereocenters. The lowest BCUT2D eigenvalue weighted by molar-refractivity contribution is 0.0749. The van der Waals surface area contributed by atoms with Crippen molar-refractivity contribution < 1.29 is 4.79 Å². The first-order valence-corrected chi connectivity index (χ1v) is 9.37. The van der Waals surface area contributed by atoms with Crippen LogP contribution in [0.2, 0.25) is 0 Å². The van der Waals surface area contributed by atoms with Gasteiger partial charge in [0, 0.05) is 13.1 Å². The Morgan fingerprint density at radius 1 is 1.16 bits per heavy atom. The first-order chi connectivity index (χ1) is 11.4. The van der Waals surface area contributed by atoms with Crippen LogP contribution in [-0.4, -0.2) is 52.0 Å². The number of halogens is 1. The summed E-state index contributed by atoms with van der Waals surface area (Å²) >= 11 is 0. The van der Waals surface area contributed by atoms with Crippen molar-refractivity contribution >= 4 is 18.3 Å². The van der Waals surface area contributed by atoms with Crippen LogP contribution in [0.15, 0.2) is 6.20 Å². The van der Waals surface area contributed by atoms with E-state index in [0.29, 0.717) is 23.1 Å². The molecule has 142 valence electrons. The maximum Gasteiger partial charge on any atom is 0.276 e. The molecule has 2 aliphatic rings. The Bertz CT molecular complexity index is 562. The molecule has 0 bridgehead atoms. The molecule has 0 spiro atoms. The van der Waals surface area contributed by atoms with Gasteiger partial charge in [0.05, 0.1) is 12.2 Å². The summed E-state index contributed by atoms with van der Waals surface area (Å²) in [5, 5.41) is 11.7. The molecule has 2 aliphatic heterocycles. The minimum Gasteiger partial charge on any atom is -0.337 e. The molecule has 0 saturated carbocycles. The summed E-state index contributed by atoms with van der Waals surface area (Å²) in [6.07, 6.45) is 7.31. The van der Waals surface area contributed by atoms with Gasteiger partial charge in [0.1, 0.15) is 0 Å². The number of amides is 1. The van der Waals surface area contributed by atoms with Crippen LogP contribution in [0, 0.1) is 11.3 Å². The fourth-order valence-corrected chi connectivity index (χ4v) is 3.95. The number of hydrogen-bond acceptors (Lipinski definition) is 4. The highest BCUT2D eigenvalue weighted by molar-refractivity contribution is 5.91. The van der Waals surface area contributed by atoms with E-state index in [1.54, 1.807) is 0 Å². The van der Waals surface area contributed by atoms with Crippen LogP contribution < -0.4 is 5.32 Å². The van der Waals surface area contributed by atoms with Crippen molar-refractivity contribution in [1.82, 2.24) is 25.2 Å². The van der Waals surface area contributed by atoms with Crippen LogP contribution in [0.1, 0.15) is 69.4 Å². The quantitative estimate of drug-likeness (QED) is 0.870. The van der Waals surface area contributed by atoms with E-state index in [9.17, 15) is 4.79 Å². The second kappa shape index (κ2) is 8.49. The largest absolute Gasteiger partial charge is 0.337 e. The zero-order valence-corrected chi connectivity index (χ0v) is 16.5. The van der Waals surface area contributed by atoms with Crippen molar-refractivity contribution in [3.63, 3.8) is 0 Å². The molecule has 3 rings (SSSR count). The van der Waals surface area contributed by atoms with Gasteiger partial charge in [-0.2, -0.15) is 0 Å². The van der Waals surface area contributed by atoms with E-state index >= 15 is 0 Å². The lowest BCUT2D eigenvalue weighted by Crippen LogP contribution is -2.33. The summed E-state index contributed by atoms with van der Waals surface area (Å²) < 4.78 is 1.89. The van der Waals surface area contributed by atoms with Crippen molar-refractivity contribution in [2.45, 2.75) is 58.9 Å². The van der Waals surface area contributed by atoms with Gasteiger partial charge in [-0.3, -0.25) is 4.79 Å². The Hall–Kier alpha value is -1.14. The third kappa shape index (κ3) is 4.94. The number of nitrogens with one attached hydrogen (secondary N) is 1. The van der Waals surface area contributed by atoms with Gasteiger partial charge in [0.25, 0.3) is 5.91 Å². The highest BCUT2D eigenvalue weighted by atomic mass is 35.5. The molecule has 1 N–H and O–H groups in total. The number of nitrogens with zero attached hydrogens (tertiary/aromatic N) is 4. The molecule has 2 saturated heterocycles. The number of rotatable bonds is 2. The van der Waals surface area contributed by atoms with Crippen molar-refractivity contribution in [3.05, 3.63) is 11.9 Å². The molecular formula is C18H32ClN5O. The Morgan fingerprint density at radius 3 is 2.56 bits per heavy atom. The average molecular weight is 370 g/mol. The number of likely N-dealkylation sites (tertiary alicyclic amines) is 1. The van der Waals surface area contributed by atoms with E-state index in [-0.39, 0.29) is 18.3 Å². The van der Waals surface area contributed by atoms with E-state index in [1.807, 2.05) is 15.8 Å². The molecule has 6 nitrogen and oxygen atoms in total. The van der Waals surface area contributed by atoms with Crippen LogP contribution in [0.4, 0.5) is 0 Å². The minimum absolute atomic E-state index is 0.